The smallest absolute Gasteiger partial charge is 0.239 e. The maximum absolute atomic E-state index is 14.3. The van der Waals surface area contributed by atoms with Crippen LogP contribution >= 0.6 is 0 Å². The maximum Gasteiger partial charge on any atom is 0.239 e. The van der Waals surface area contributed by atoms with Crippen molar-refractivity contribution in [3.63, 3.8) is 0 Å². The number of halogens is 1. The van der Waals surface area contributed by atoms with Crippen LogP contribution in [0.5, 0.6) is 0 Å². The predicted octanol–water partition coefficient (Wildman–Crippen LogP) is 1.82. The Labute approximate surface area is 141 Å². The minimum absolute atomic E-state index is 0.0584. The highest BCUT2D eigenvalue weighted by atomic mass is 19.1. The second-order valence-corrected chi connectivity index (χ2v) is 6.54. The first-order chi connectivity index (χ1) is 11.6. The van der Waals surface area contributed by atoms with E-state index in [1.165, 1.54) is 13.0 Å². The molecule has 0 aromatic heterocycles. The Balaban J connectivity index is 1.60. The Morgan fingerprint density at radius 3 is 2.50 bits per heavy atom. The van der Waals surface area contributed by atoms with E-state index in [0.717, 1.165) is 25.8 Å². The molecule has 2 saturated heterocycles. The van der Waals surface area contributed by atoms with E-state index in [9.17, 15) is 14.0 Å². The predicted molar refractivity (Wildman–Crippen MR) is 90.8 cm³/mol. The molecule has 0 radical (unpaired) electrons. The van der Waals surface area contributed by atoms with Crippen LogP contribution in [-0.2, 0) is 4.79 Å². The lowest BCUT2D eigenvalue weighted by atomic mass is 10.0. The minimum atomic E-state index is -0.378. The molecule has 0 spiro atoms. The minimum Gasteiger partial charge on any atom is -0.366 e. The number of anilines is 1. The number of hydrogen-bond acceptors (Lipinski definition) is 4. The van der Waals surface area contributed by atoms with E-state index in [2.05, 4.69) is 5.32 Å². The molecule has 2 fully saturated rings. The summed E-state index contributed by atoms with van der Waals surface area (Å²) in [6, 6.07) is 4.55. The topological polar surface area (TPSA) is 52.7 Å². The molecule has 2 aliphatic rings. The molecule has 130 valence electrons. The Bertz CT molecular complexity index is 621. The maximum atomic E-state index is 14.3. The number of carbonyl (C=O) groups excluding carboxylic acids is 2. The number of nitrogens with zero attached hydrogens (tertiary/aromatic N) is 2. The van der Waals surface area contributed by atoms with Crippen molar-refractivity contribution in [2.75, 3.05) is 37.6 Å². The molecule has 6 heteroatoms. The summed E-state index contributed by atoms with van der Waals surface area (Å²) >= 11 is 0. The third-order valence-corrected chi connectivity index (χ3v) is 4.89. The zero-order valence-electron chi connectivity index (χ0n) is 14.1. The van der Waals surface area contributed by atoms with Gasteiger partial charge in [-0.3, -0.25) is 9.59 Å². The number of piperazine rings is 1. The average molecular weight is 333 g/mol. The standard InChI is InChI=1S/C18H24FN3O2/c1-13(23)14-5-6-17(15(19)12-14)21-8-10-22(11-9-21)18(24)16-4-2-3-7-20-16/h5-6,12,16,20H,2-4,7-11H2,1H3. The largest absolute Gasteiger partial charge is 0.366 e. The highest BCUT2D eigenvalue weighted by Gasteiger charge is 2.28. The average Bonchev–Trinajstić information content (AvgIpc) is 2.62. The van der Waals surface area contributed by atoms with Crippen LogP contribution in [0.3, 0.4) is 0 Å². The zero-order valence-corrected chi connectivity index (χ0v) is 14.1. The van der Waals surface area contributed by atoms with Crippen LogP contribution in [0.4, 0.5) is 10.1 Å². The Morgan fingerprint density at radius 1 is 1.17 bits per heavy atom. The lowest BCUT2D eigenvalue weighted by Gasteiger charge is -2.38. The number of nitrogens with one attached hydrogen (secondary N) is 1. The zero-order chi connectivity index (χ0) is 17.1. The number of Topliss-reactive ketones (excluding diaryl/α,β-unsaturated/α-hetero) is 1. The van der Waals surface area contributed by atoms with Crippen molar-refractivity contribution in [3.8, 4) is 0 Å². The monoisotopic (exact) mass is 333 g/mol. The Morgan fingerprint density at radius 2 is 1.92 bits per heavy atom. The number of ketones is 1. The van der Waals surface area contributed by atoms with Gasteiger partial charge in [-0.2, -0.15) is 0 Å². The van der Waals surface area contributed by atoms with Crippen molar-refractivity contribution >= 4 is 17.4 Å². The van der Waals surface area contributed by atoms with Crippen LogP contribution in [0, 0.1) is 5.82 Å². The molecule has 0 bridgehead atoms. The van der Waals surface area contributed by atoms with E-state index in [1.54, 1.807) is 12.1 Å². The fourth-order valence-corrected chi connectivity index (χ4v) is 3.43. The van der Waals surface area contributed by atoms with Crippen molar-refractivity contribution in [3.05, 3.63) is 29.6 Å². The van der Waals surface area contributed by atoms with E-state index in [-0.39, 0.29) is 23.5 Å². The fraction of sp³-hybridized carbons (Fsp3) is 0.556. The lowest BCUT2D eigenvalue weighted by Crippen LogP contribution is -2.55. The van der Waals surface area contributed by atoms with E-state index in [4.69, 9.17) is 0 Å². The molecule has 1 aromatic carbocycles. The van der Waals surface area contributed by atoms with Crippen LogP contribution in [-0.4, -0.2) is 55.4 Å². The van der Waals surface area contributed by atoms with Crippen LogP contribution in [0.25, 0.3) is 0 Å². The molecular formula is C18H24FN3O2. The van der Waals surface area contributed by atoms with Gasteiger partial charge in [-0.25, -0.2) is 4.39 Å². The molecule has 0 aliphatic carbocycles. The molecule has 1 atom stereocenters. The fourth-order valence-electron chi connectivity index (χ4n) is 3.43. The quantitative estimate of drug-likeness (QED) is 0.858. The summed E-state index contributed by atoms with van der Waals surface area (Å²) in [4.78, 5) is 27.7. The number of carbonyl (C=O) groups is 2. The number of hydrogen-bond donors (Lipinski definition) is 1. The van der Waals surface area contributed by atoms with Gasteiger partial charge in [-0.15, -0.1) is 0 Å². The summed E-state index contributed by atoms with van der Waals surface area (Å²) in [6.45, 7) is 4.75. The van der Waals surface area contributed by atoms with E-state index in [1.807, 2.05) is 9.80 Å². The summed E-state index contributed by atoms with van der Waals surface area (Å²) in [6.07, 6.45) is 3.13. The second kappa shape index (κ2) is 7.30. The van der Waals surface area contributed by atoms with Gasteiger partial charge in [0.05, 0.1) is 11.7 Å². The molecule has 1 unspecified atom stereocenters. The van der Waals surface area contributed by atoms with Gasteiger partial charge < -0.3 is 15.1 Å². The van der Waals surface area contributed by atoms with Crippen LogP contribution < -0.4 is 10.2 Å². The van der Waals surface area contributed by atoms with E-state index < -0.39 is 0 Å². The van der Waals surface area contributed by atoms with Crippen molar-refractivity contribution < 1.29 is 14.0 Å². The molecule has 1 N–H and O–H groups in total. The Kier molecular flexibility index (Phi) is 5.14. The van der Waals surface area contributed by atoms with Gasteiger partial charge in [0.15, 0.2) is 5.78 Å². The molecule has 2 aliphatic heterocycles. The van der Waals surface area contributed by atoms with Crippen molar-refractivity contribution in [1.82, 2.24) is 10.2 Å². The Hall–Kier alpha value is -1.95. The van der Waals surface area contributed by atoms with Gasteiger partial charge in [-0.05, 0) is 44.5 Å². The van der Waals surface area contributed by atoms with Gasteiger partial charge in [0.2, 0.25) is 5.91 Å². The highest BCUT2D eigenvalue weighted by Crippen LogP contribution is 2.23. The van der Waals surface area contributed by atoms with Gasteiger partial charge in [0.25, 0.3) is 0 Å². The summed E-state index contributed by atoms with van der Waals surface area (Å²) in [7, 11) is 0. The summed E-state index contributed by atoms with van der Waals surface area (Å²) in [5.74, 6) is -0.353. The first-order valence-electron chi connectivity index (χ1n) is 8.64. The van der Waals surface area contributed by atoms with Crippen LogP contribution in [0.2, 0.25) is 0 Å². The molecule has 1 aromatic rings. The SMILES string of the molecule is CC(=O)c1ccc(N2CCN(C(=O)C3CCCCN3)CC2)c(F)c1. The summed E-state index contributed by atoms with van der Waals surface area (Å²) in [5, 5.41) is 3.29. The number of piperidine rings is 1. The van der Waals surface area contributed by atoms with Crippen LogP contribution in [0.15, 0.2) is 18.2 Å². The van der Waals surface area contributed by atoms with Crippen molar-refractivity contribution in [2.45, 2.75) is 32.2 Å². The van der Waals surface area contributed by atoms with E-state index in [0.29, 0.717) is 37.4 Å². The molecule has 3 rings (SSSR count). The third-order valence-electron chi connectivity index (χ3n) is 4.89. The van der Waals surface area contributed by atoms with E-state index >= 15 is 0 Å². The number of benzene rings is 1. The third kappa shape index (κ3) is 3.59. The van der Waals surface area contributed by atoms with Gasteiger partial charge >= 0.3 is 0 Å². The summed E-state index contributed by atoms with van der Waals surface area (Å²) < 4.78 is 14.3. The van der Waals surface area contributed by atoms with Gasteiger partial charge in [0, 0.05) is 31.7 Å². The van der Waals surface area contributed by atoms with Gasteiger partial charge in [-0.1, -0.05) is 6.42 Å². The van der Waals surface area contributed by atoms with Crippen molar-refractivity contribution in [1.29, 1.82) is 0 Å². The molecule has 1 amide bonds. The first-order valence-corrected chi connectivity index (χ1v) is 8.64. The van der Waals surface area contributed by atoms with Crippen molar-refractivity contribution in [2.24, 2.45) is 0 Å². The number of amides is 1. The normalized spacial score (nSPS) is 21.7. The summed E-state index contributed by atoms with van der Waals surface area (Å²) in [5.41, 5.74) is 0.885. The highest BCUT2D eigenvalue weighted by molar-refractivity contribution is 5.94. The van der Waals surface area contributed by atoms with Gasteiger partial charge in [0.1, 0.15) is 5.82 Å². The number of rotatable bonds is 3. The molecule has 5 nitrogen and oxygen atoms in total. The first kappa shape index (κ1) is 16.9. The lowest BCUT2D eigenvalue weighted by molar-refractivity contribution is -0.134. The van der Waals surface area contributed by atoms with Crippen LogP contribution in [0.1, 0.15) is 36.5 Å². The molecule has 2 heterocycles. The molecular weight excluding hydrogens is 309 g/mol. The molecule has 24 heavy (non-hydrogen) atoms. The molecule has 0 saturated carbocycles. The second-order valence-electron chi connectivity index (χ2n) is 6.54.